The minimum absolute atomic E-state index is 0.187. The van der Waals surface area contributed by atoms with Gasteiger partial charge in [0.1, 0.15) is 18.2 Å². The summed E-state index contributed by atoms with van der Waals surface area (Å²) < 4.78 is 10.5. The highest BCUT2D eigenvalue weighted by Gasteiger charge is 2.25. The lowest BCUT2D eigenvalue weighted by molar-refractivity contribution is -0.123. The van der Waals surface area contributed by atoms with Crippen LogP contribution in [-0.2, 0) is 20.9 Å². The number of rotatable bonds is 9. The fourth-order valence-electron chi connectivity index (χ4n) is 2.54. The van der Waals surface area contributed by atoms with Crippen LogP contribution >= 0.6 is 0 Å². The van der Waals surface area contributed by atoms with Crippen LogP contribution in [0, 0.1) is 5.92 Å². The second-order valence-corrected chi connectivity index (χ2v) is 8.58. The molecule has 168 valence electrons. The van der Waals surface area contributed by atoms with Crippen LogP contribution in [0.1, 0.15) is 46.6 Å². The van der Waals surface area contributed by atoms with E-state index in [4.69, 9.17) is 9.47 Å². The fourth-order valence-corrected chi connectivity index (χ4v) is 2.54. The van der Waals surface area contributed by atoms with Crippen LogP contribution in [-0.4, -0.2) is 54.8 Å². The second kappa shape index (κ2) is 12.0. The Bertz CT molecular complexity index is 686. The van der Waals surface area contributed by atoms with E-state index in [1.54, 1.807) is 27.8 Å². The summed E-state index contributed by atoms with van der Waals surface area (Å²) in [4.78, 5) is 38.0. The van der Waals surface area contributed by atoms with E-state index < -0.39 is 23.8 Å². The Morgan fingerprint density at radius 1 is 1.10 bits per heavy atom. The van der Waals surface area contributed by atoms with E-state index in [2.05, 4.69) is 10.6 Å². The molecule has 0 aliphatic heterocycles. The number of alkyl carbamates (subject to hydrolysis) is 1. The Labute approximate surface area is 179 Å². The van der Waals surface area contributed by atoms with Gasteiger partial charge in [0.15, 0.2) is 0 Å². The highest BCUT2D eigenvalue weighted by Crippen LogP contribution is 2.09. The molecule has 1 aromatic carbocycles. The van der Waals surface area contributed by atoms with Crippen LogP contribution in [0.25, 0.3) is 0 Å². The van der Waals surface area contributed by atoms with Crippen LogP contribution in [0.15, 0.2) is 30.3 Å². The van der Waals surface area contributed by atoms with Crippen molar-refractivity contribution >= 4 is 18.1 Å². The van der Waals surface area contributed by atoms with Gasteiger partial charge in [-0.15, -0.1) is 0 Å². The summed E-state index contributed by atoms with van der Waals surface area (Å²) in [5.41, 5.74) is 0.253. The van der Waals surface area contributed by atoms with Gasteiger partial charge in [0, 0.05) is 20.1 Å². The Kier molecular flexibility index (Phi) is 10.1. The smallest absolute Gasteiger partial charge is 0.409 e. The number of hydrogen-bond acceptors (Lipinski definition) is 5. The van der Waals surface area contributed by atoms with Crippen molar-refractivity contribution < 1.29 is 23.9 Å². The highest BCUT2D eigenvalue weighted by atomic mass is 16.6. The number of nitrogens with one attached hydrogen (secondary N) is 2. The summed E-state index contributed by atoms with van der Waals surface area (Å²) in [6.45, 7) is 9.92. The number of amides is 3. The van der Waals surface area contributed by atoms with Gasteiger partial charge in [0.2, 0.25) is 5.91 Å². The van der Waals surface area contributed by atoms with Crippen molar-refractivity contribution in [3.63, 3.8) is 0 Å². The molecule has 3 amide bonds. The van der Waals surface area contributed by atoms with E-state index in [-0.39, 0.29) is 31.5 Å². The standard InChI is InChI=1S/C22H35N3O5/c1-16(2)14-18(24-20(27)30-22(3,4)5)19(26)23-12-13-25(6)21(28)29-15-17-10-8-7-9-11-17/h7-11,16,18H,12-15H2,1-6H3,(H,23,26)(H,24,27)/t18-/m0/s1. The first-order valence-electron chi connectivity index (χ1n) is 10.2. The minimum atomic E-state index is -0.713. The van der Waals surface area contributed by atoms with E-state index >= 15 is 0 Å². The molecule has 1 aromatic rings. The van der Waals surface area contributed by atoms with Gasteiger partial charge in [-0.05, 0) is 38.7 Å². The average molecular weight is 422 g/mol. The van der Waals surface area contributed by atoms with Crippen molar-refractivity contribution in [1.29, 1.82) is 0 Å². The predicted octanol–water partition coefficient (Wildman–Crippen LogP) is 3.31. The maximum absolute atomic E-state index is 12.5. The van der Waals surface area contributed by atoms with Gasteiger partial charge in [-0.2, -0.15) is 0 Å². The largest absolute Gasteiger partial charge is 0.445 e. The molecule has 2 N–H and O–H groups in total. The summed E-state index contributed by atoms with van der Waals surface area (Å²) in [6.07, 6.45) is -0.636. The average Bonchev–Trinajstić information content (AvgIpc) is 2.64. The molecule has 1 rings (SSSR count). The van der Waals surface area contributed by atoms with Crippen LogP contribution in [0.4, 0.5) is 9.59 Å². The van der Waals surface area contributed by atoms with Gasteiger partial charge >= 0.3 is 12.2 Å². The highest BCUT2D eigenvalue weighted by molar-refractivity contribution is 5.85. The van der Waals surface area contributed by atoms with E-state index in [9.17, 15) is 14.4 Å². The van der Waals surface area contributed by atoms with Gasteiger partial charge in [0.05, 0.1) is 0 Å². The molecular weight excluding hydrogens is 386 g/mol. The van der Waals surface area contributed by atoms with Gasteiger partial charge in [-0.25, -0.2) is 9.59 Å². The second-order valence-electron chi connectivity index (χ2n) is 8.58. The molecule has 0 aliphatic rings. The molecule has 30 heavy (non-hydrogen) atoms. The maximum Gasteiger partial charge on any atom is 0.409 e. The quantitative estimate of drug-likeness (QED) is 0.638. The SMILES string of the molecule is CC(C)C[C@H](NC(=O)OC(C)(C)C)C(=O)NCCN(C)C(=O)OCc1ccccc1. The fraction of sp³-hybridized carbons (Fsp3) is 0.591. The number of likely N-dealkylation sites (N-methyl/N-ethyl adjacent to an activating group) is 1. The number of benzene rings is 1. The zero-order chi connectivity index (χ0) is 22.7. The van der Waals surface area contributed by atoms with Crippen LogP contribution in [0.2, 0.25) is 0 Å². The van der Waals surface area contributed by atoms with Crippen molar-refractivity contribution in [2.75, 3.05) is 20.1 Å². The summed E-state index contributed by atoms with van der Waals surface area (Å²) in [7, 11) is 1.60. The lowest BCUT2D eigenvalue weighted by Gasteiger charge is -2.24. The Hall–Kier alpha value is -2.77. The first-order valence-corrected chi connectivity index (χ1v) is 10.2. The first kappa shape index (κ1) is 25.3. The lowest BCUT2D eigenvalue weighted by Crippen LogP contribution is -2.50. The molecule has 8 nitrogen and oxygen atoms in total. The van der Waals surface area contributed by atoms with Crippen LogP contribution < -0.4 is 10.6 Å². The number of nitrogens with zero attached hydrogens (tertiary/aromatic N) is 1. The van der Waals surface area contributed by atoms with Crippen molar-refractivity contribution in [2.45, 2.75) is 59.3 Å². The molecule has 0 heterocycles. The van der Waals surface area contributed by atoms with E-state index in [0.717, 1.165) is 5.56 Å². The monoisotopic (exact) mass is 421 g/mol. The van der Waals surface area contributed by atoms with E-state index in [0.29, 0.717) is 6.42 Å². The third-order valence-corrected chi connectivity index (χ3v) is 3.98. The molecular formula is C22H35N3O5. The number of carbonyl (C=O) groups is 3. The molecule has 0 saturated heterocycles. The minimum Gasteiger partial charge on any atom is -0.445 e. The van der Waals surface area contributed by atoms with E-state index in [1.807, 2.05) is 44.2 Å². The van der Waals surface area contributed by atoms with Gasteiger partial charge < -0.3 is 25.0 Å². The first-order chi connectivity index (χ1) is 14.0. The summed E-state index contributed by atoms with van der Waals surface area (Å²) in [5, 5.41) is 5.38. The molecule has 0 aromatic heterocycles. The molecule has 0 unspecified atom stereocenters. The molecule has 0 fully saturated rings. The molecule has 8 heteroatoms. The maximum atomic E-state index is 12.5. The number of hydrogen-bond donors (Lipinski definition) is 2. The van der Waals surface area contributed by atoms with Crippen molar-refractivity contribution in [1.82, 2.24) is 15.5 Å². The van der Waals surface area contributed by atoms with Crippen molar-refractivity contribution in [3.8, 4) is 0 Å². The van der Waals surface area contributed by atoms with Gasteiger partial charge in [-0.3, -0.25) is 4.79 Å². The molecule has 0 aliphatic carbocycles. The summed E-state index contributed by atoms with van der Waals surface area (Å²) in [5.74, 6) is -0.119. The van der Waals surface area contributed by atoms with Gasteiger partial charge in [0.25, 0.3) is 0 Å². The Balaban J connectivity index is 2.45. The molecule has 0 radical (unpaired) electrons. The zero-order valence-electron chi connectivity index (χ0n) is 18.9. The molecule has 0 bridgehead atoms. The molecule has 1 atom stereocenters. The normalized spacial score (nSPS) is 12.1. The van der Waals surface area contributed by atoms with E-state index in [1.165, 1.54) is 4.90 Å². The van der Waals surface area contributed by atoms with Crippen LogP contribution in [0.5, 0.6) is 0 Å². The Morgan fingerprint density at radius 3 is 2.30 bits per heavy atom. The Morgan fingerprint density at radius 2 is 1.73 bits per heavy atom. The number of carbonyl (C=O) groups excluding carboxylic acids is 3. The third-order valence-electron chi connectivity index (χ3n) is 3.98. The number of ether oxygens (including phenoxy) is 2. The topological polar surface area (TPSA) is 97.0 Å². The summed E-state index contributed by atoms with van der Waals surface area (Å²) in [6, 6.07) is 8.68. The molecule has 0 saturated carbocycles. The molecule has 0 spiro atoms. The predicted molar refractivity (Wildman–Crippen MR) is 115 cm³/mol. The third kappa shape index (κ3) is 10.7. The lowest BCUT2D eigenvalue weighted by atomic mass is 10.0. The summed E-state index contributed by atoms with van der Waals surface area (Å²) >= 11 is 0. The van der Waals surface area contributed by atoms with Crippen LogP contribution in [0.3, 0.4) is 0 Å². The van der Waals surface area contributed by atoms with Gasteiger partial charge in [-0.1, -0.05) is 44.2 Å². The van der Waals surface area contributed by atoms with Crippen molar-refractivity contribution in [2.24, 2.45) is 5.92 Å². The van der Waals surface area contributed by atoms with Crippen molar-refractivity contribution in [3.05, 3.63) is 35.9 Å². The zero-order valence-corrected chi connectivity index (χ0v) is 18.9.